The number of nitrogens with zero attached hydrogens (tertiary/aromatic N) is 3. The van der Waals surface area contributed by atoms with Crippen LogP contribution in [0.3, 0.4) is 0 Å². The molecule has 2 heterocycles. The molecule has 0 aliphatic carbocycles. The van der Waals surface area contributed by atoms with Crippen molar-refractivity contribution in [1.29, 1.82) is 0 Å². The van der Waals surface area contributed by atoms with E-state index in [4.69, 9.17) is 39.5 Å². The van der Waals surface area contributed by atoms with Crippen LogP contribution in [0.2, 0.25) is 15.1 Å². The maximum Gasteiger partial charge on any atom is 0.267 e. The number of aromatic nitrogens is 2. The fraction of sp³-hybridized carbons (Fsp3) is 0.0952. The predicted molar refractivity (Wildman–Crippen MR) is 122 cm³/mol. The molecule has 0 unspecified atom stereocenters. The maximum absolute atomic E-state index is 13.1. The van der Waals surface area contributed by atoms with E-state index in [1.165, 1.54) is 11.3 Å². The number of carbonyl (C=O) groups excluding carboxylic acids is 1. The molecular formula is C21H14Cl3N3O2S. The van der Waals surface area contributed by atoms with Gasteiger partial charge in [0.25, 0.3) is 5.91 Å². The Morgan fingerprint density at radius 1 is 1.07 bits per heavy atom. The molecule has 0 spiro atoms. The topological polar surface area (TPSA) is 55.3 Å². The second kappa shape index (κ2) is 9.18. The van der Waals surface area contributed by atoms with E-state index in [1.54, 1.807) is 41.6 Å². The molecule has 0 radical (unpaired) electrons. The zero-order valence-electron chi connectivity index (χ0n) is 15.4. The lowest BCUT2D eigenvalue weighted by molar-refractivity contribution is -0.120. The second-order valence-corrected chi connectivity index (χ2v) is 8.60. The maximum atomic E-state index is 13.1. The van der Waals surface area contributed by atoms with Gasteiger partial charge in [-0.15, -0.1) is 0 Å². The molecule has 4 aromatic rings. The van der Waals surface area contributed by atoms with Crippen LogP contribution in [-0.4, -0.2) is 22.5 Å². The first-order chi connectivity index (χ1) is 14.5. The van der Waals surface area contributed by atoms with Gasteiger partial charge in [-0.05, 0) is 48.0 Å². The molecule has 9 heteroatoms. The molecule has 152 valence electrons. The fourth-order valence-electron chi connectivity index (χ4n) is 2.75. The van der Waals surface area contributed by atoms with E-state index in [0.29, 0.717) is 32.5 Å². The Morgan fingerprint density at radius 3 is 2.63 bits per heavy atom. The van der Waals surface area contributed by atoms with Gasteiger partial charge in [-0.1, -0.05) is 52.2 Å². The monoisotopic (exact) mass is 477 g/mol. The van der Waals surface area contributed by atoms with E-state index in [0.717, 1.165) is 15.8 Å². The Bertz CT molecular complexity index is 1200. The SMILES string of the molecule is O=C(COc1ccc(Cl)cc1Cl)N(Cc1cccnc1)c1nc2ccc(Cl)cc2s1. The average molecular weight is 479 g/mol. The second-order valence-electron chi connectivity index (χ2n) is 6.31. The molecule has 0 fully saturated rings. The van der Waals surface area contributed by atoms with Crippen molar-refractivity contribution in [2.45, 2.75) is 6.54 Å². The summed E-state index contributed by atoms with van der Waals surface area (Å²) in [4.78, 5) is 23.4. The van der Waals surface area contributed by atoms with Crippen LogP contribution in [0.25, 0.3) is 10.2 Å². The molecule has 0 saturated carbocycles. The van der Waals surface area contributed by atoms with Gasteiger partial charge < -0.3 is 4.74 Å². The highest BCUT2D eigenvalue weighted by atomic mass is 35.5. The lowest BCUT2D eigenvalue weighted by Crippen LogP contribution is -2.34. The summed E-state index contributed by atoms with van der Waals surface area (Å²) in [7, 11) is 0. The highest BCUT2D eigenvalue weighted by Crippen LogP contribution is 2.32. The first kappa shape index (κ1) is 20.9. The summed E-state index contributed by atoms with van der Waals surface area (Å²) < 4.78 is 6.54. The molecule has 0 bridgehead atoms. The van der Waals surface area contributed by atoms with E-state index in [-0.39, 0.29) is 12.5 Å². The van der Waals surface area contributed by atoms with E-state index in [1.807, 2.05) is 24.3 Å². The van der Waals surface area contributed by atoms with Gasteiger partial charge in [-0.25, -0.2) is 4.98 Å². The average Bonchev–Trinajstić information content (AvgIpc) is 3.14. The van der Waals surface area contributed by atoms with Crippen LogP contribution in [0.15, 0.2) is 60.9 Å². The van der Waals surface area contributed by atoms with Gasteiger partial charge in [-0.3, -0.25) is 14.7 Å². The van der Waals surface area contributed by atoms with Gasteiger partial charge in [0.2, 0.25) is 0 Å². The van der Waals surface area contributed by atoms with Gasteiger partial charge in [0.15, 0.2) is 11.7 Å². The van der Waals surface area contributed by atoms with Crippen molar-refractivity contribution in [1.82, 2.24) is 9.97 Å². The lowest BCUT2D eigenvalue weighted by atomic mass is 10.2. The number of pyridine rings is 1. The molecule has 4 rings (SSSR count). The molecule has 2 aromatic carbocycles. The Labute approximate surface area is 191 Å². The molecule has 0 aliphatic rings. The van der Waals surface area contributed by atoms with Crippen molar-refractivity contribution in [3.05, 3.63) is 81.6 Å². The highest BCUT2D eigenvalue weighted by Gasteiger charge is 2.21. The van der Waals surface area contributed by atoms with Crippen molar-refractivity contribution in [3.63, 3.8) is 0 Å². The standard InChI is InChI=1S/C21H14Cl3N3O2S/c22-14-4-6-18(16(24)8-14)29-12-20(28)27(11-13-2-1-7-25-10-13)21-26-17-5-3-15(23)9-19(17)30-21/h1-10H,11-12H2. The number of benzene rings is 2. The van der Waals surface area contributed by atoms with Gasteiger partial charge in [0, 0.05) is 22.4 Å². The molecule has 0 N–H and O–H groups in total. The number of hydrogen-bond acceptors (Lipinski definition) is 5. The Kier molecular flexibility index (Phi) is 6.39. The van der Waals surface area contributed by atoms with Crippen molar-refractivity contribution in [2.24, 2.45) is 0 Å². The number of rotatable bonds is 6. The zero-order valence-corrected chi connectivity index (χ0v) is 18.5. The van der Waals surface area contributed by atoms with Crippen LogP contribution in [0.4, 0.5) is 5.13 Å². The largest absolute Gasteiger partial charge is 0.482 e. The Morgan fingerprint density at radius 2 is 1.87 bits per heavy atom. The summed E-state index contributed by atoms with van der Waals surface area (Å²) >= 11 is 19.5. The smallest absolute Gasteiger partial charge is 0.267 e. The highest BCUT2D eigenvalue weighted by molar-refractivity contribution is 7.22. The van der Waals surface area contributed by atoms with Crippen LogP contribution in [-0.2, 0) is 11.3 Å². The number of halogens is 3. The molecule has 0 atom stereocenters. The normalized spacial score (nSPS) is 10.9. The van der Waals surface area contributed by atoms with Crippen LogP contribution >= 0.6 is 46.1 Å². The van der Waals surface area contributed by atoms with E-state index in [2.05, 4.69) is 9.97 Å². The first-order valence-corrected chi connectivity index (χ1v) is 10.8. The fourth-order valence-corrected chi connectivity index (χ4v) is 4.47. The summed E-state index contributed by atoms with van der Waals surface area (Å²) in [6, 6.07) is 14.0. The predicted octanol–water partition coefficient (Wildman–Crippen LogP) is 6.26. The zero-order chi connectivity index (χ0) is 21.1. The van der Waals surface area contributed by atoms with E-state index in [9.17, 15) is 4.79 Å². The van der Waals surface area contributed by atoms with Crippen molar-refractivity contribution >= 4 is 67.4 Å². The summed E-state index contributed by atoms with van der Waals surface area (Å²) in [5.74, 6) is 0.113. The van der Waals surface area contributed by atoms with Gasteiger partial charge >= 0.3 is 0 Å². The van der Waals surface area contributed by atoms with Crippen LogP contribution in [0.5, 0.6) is 5.75 Å². The molecule has 30 heavy (non-hydrogen) atoms. The molecule has 0 saturated heterocycles. The summed E-state index contributed by atoms with van der Waals surface area (Å²) in [5, 5.41) is 1.99. The number of ether oxygens (including phenoxy) is 1. The van der Waals surface area contributed by atoms with Crippen LogP contribution in [0.1, 0.15) is 5.56 Å². The minimum atomic E-state index is -0.268. The Hall–Kier alpha value is -2.38. The number of amides is 1. The molecule has 0 aliphatic heterocycles. The molecular weight excluding hydrogens is 465 g/mol. The van der Waals surface area contributed by atoms with Crippen molar-refractivity contribution in [3.8, 4) is 5.75 Å². The van der Waals surface area contributed by atoms with E-state index >= 15 is 0 Å². The number of hydrogen-bond donors (Lipinski definition) is 0. The number of thiazole rings is 1. The minimum Gasteiger partial charge on any atom is -0.482 e. The first-order valence-electron chi connectivity index (χ1n) is 8.83. The number of fused-ring (bicyclic) bond motifs is 1. The summed E-state index contributed by atoms with van der Waals surface area (Å²) in [6.45, 7) is 0.0935. The number of carbonyl (C=O) groups is 1. The minimum absolute atomic E-state index is 0.210. The van der Waals surface area contributed by atoms with E-state index < -0.39 is 0 Å². The van der Waals surface area contributed by atoms with Gasteiger partial charge in [0.05, 0.1) is 21.8 Å². The molecule has 2 aromatic heterocycles. The van der Waals surface area contributed by atoms with Crippen LogP contribution < -0.4 is 9.64 Å². The van der Waals surface area contributed by atoms with Gasteiger partial charge in [-0.2, -0.15) is 0 Å². The lowest BCUT2D eigenvalue weighted by Gasteiger charge is -2.20. The van der Waals surface area contributed by atoms with Crippen molar-refractivity contribution < 1.29 is 9.53 Å². The van der Waals surface area contributed by atoms with Crippen LogP contribution in [0, 0.1) is 0 Å². The third-order valence-corrected chi connectivity index (χ3v) is 5.99. The van der Waals surface area contributed by atoms with Gasteiger partial charge in [0.1, 0.15) is 5.75 Å². The summed E-state index contributed by atoms with van der Waals surface area (Å²) in [6.07, 6.45) is 3.39. The Balaban J connectivity index is 1.61. The summed E-state index contributed by atoms with van der Waals surface area (Å²) in [5.41, 5.74) is 1.64. The molecule has 5 nitrogen and oxygen atoms in total. The van der Waals surface area contributed by atoms with Crippen molar-refractivity contribution in [2.75, 3.05) is 11.5 Å². The quantitative estimate of drug-likeness (QED) is 0.328. The third kappa shape index (κ3) is 4.84. The molecule has 1 amide bonds. The number of anilines is 1. The third-order valence-electron chi connectivity index (χ3n) is 4.18.